The van der Waals surface area contributed by atoms with Gasteiger partial charge in [0.05, 0.1) is 23.8 Å². The van der Waals surface area contributed by atoms with Gasteiger partial charge in [-0.3, -0.25) is 9.59 Å². The fourth-order valence-electron chi connectivity index (χ4n) is 3.95. The third-order valence-corrected chi connectivity index (χ3v) is 5.34. The molecule has 0 unspecified atom stereocenters. The molecular formula is C20H16O7. The highest BCUT2D eigenvalue weighted by molar-refractivity contribution is 6.31. The lowest BCUT2D eigenvalue weighted by Crippen LogP contribution is -2.38. The highest BCUT2D eigenvalue weighted by Crippen LogP contribution is 2.47. The Labute approximate surface area is 153 Å². The van der Waals surface area contributed by atoms with E-state index < -0.39 is 28.7 Å². The van der Waals surface area contributed by atoms with E-state index in [0.717, 1.165) is 0 Å². The first-order valence-electron chi connectivity index (χ1n) is 8.37. The van der Waals surface area contributed by atoms with Crippen molar-refractivity contribution in [2.75, 3.05) is 7.11 Å². The van der Waals surface area contributed by atoms with Crippen LogP contribution in [-0.2, 0) is 17.6 Å². The average molecular weight is 368 g/mol. The van der Waals surface area contributed by atoms with Gasteiger partial charge >= 0.3 is 0 Å². The largest absolute Gasteiger partial charge is 0.507 e. The van der Waals surface area contributed by atoms with Crippen LogP contribution >= 0.6 is 0 Å². The van der Waals surface area contributed by atoms with Gasteiger partial charge in [-0.25, -0.2) is 0 Å². The topological polar surface area (TPSA) is 121 Å². The van der Waals surface area contributed by atoms with E-state index in [1.54, 1.807) is 6.07 Å². The SMILES string of the molecule is COc1cccc2c1C(=O)c1c(O)c3c(c(O)c1C2=O)C[C@@](O)(C=O)CC3. The van der Waals surface area contributed by atoms with E-state index in [2.05, 4.69) is 0 Å². The van der Waals surface area contributed by atoms with Crippen LogP contribution in [0.5, 0.6) is 17.2 Å². The van der Waals surface area contributed by atoms with Crippen LogP contribution in [0, 0.1) is 0 Å². The Morgan fingerprint density at radius 3 is 2.37 bits per heavy atom. The number of aliphatic hydroxyl groups is 1. The van der Waals surface area contributed by atoms with Gasteiger partial charge in [-0.05, 0) is 18.9 Å². The molecule has 0 fully saturated rings. The number of methoxy groups -OCH3 is 1. The van der Waals surface area contributed by atoms with E-state index in [9.17, 15) is 29.7 Å². The van der Waals surface area contributed by atoms with E-state index in [1.807, 2.05) is 0 Å². The summed E-state index contributed by atoms with van der Waals surface area (Å²) in [6, 6.07) is 4.53. The summed E-state index contributed by atoms with van der Waals surface area (Å²) in [6.07, 6.45) is 0.263. The van der Waals surface area contributed by atoms with Crippen molar-refractivity contribution in [3.8, 4) is 17.2 Å². The number of aromatic hydroxyl groups is 2. The number of fused-ring (bicyclic) bond motifs is 3. The lowest BCUT2D eigenvalue weighted by atomic mass is 9.74. The summed E-state index contributed by atoms with van der Waals surface area (Å²) in [6.45, 7) is 0. The fourth-order valence-corrected chi connectivity index (χ4v) is 3.95. The smallest absolute Gasteiger partial charge is 0.202 e. The van der Waals surface area contributed by atoms with Crippen molar-refractivity contribution in [2.45, 2.75) is 24.9 Å². The van der Waals surface area contributed by atoms with Crippen molar-refractivity contribution in [3.05, 3.63) is 51.6 Å². The van der Waals surface area contributed by atoms with Crippen LogP contribution in [0.1, 0.15) is 49.4 Å². The molecule has 0 aromatic heterocycles. The van der Waals surface area contributed by atoms with Crippen LogP contribution in [0.3, 0.4) is 0 Å². The first kappa shape index (κ1) is 17.2. The normalized spacial score (nSPS) is 20.5. The number of ether oxygens (including phenoxy) is 1. The molecule has 2 aliphatic rings. The monoisotopic (exact) mass is 368 g/mol. The maximum atomic E-state index is 13.1. The van der Waals surface area contributed by atoms with Gasteiger partial charge in [0.15, 0.2) is 12.1 Å². The standard InChI is InChI=1S/C20H16O7/c1-27-12-4-2-3-10-13(12)19(25)15-14(17(10)23)18(24)11-7-20(26,8-21)6-5-9(11)16(15)22/h2-4,8,22,24,26H,5-7H2,1H3/t20-/m1/s1. The summed E-state index contributed by atoms with van der Waals surface area (Å²) in [4.78, 5) is 37.3. The predicted molar refractivity (Wildman–Crippen MR) is 92.7 cm³/mol. The Morgan fingerprint density at radius 2 is 1.70 bits per heavy atom. The van der Waals surface area contributed by atoms with E-state index in [-0.39, 0.29) is 58.4 Å². The Bertz CT molecular complexity index is 1040. The third-order valence-electron chi connectivity index (χ3n) is 5.34. The van der Waals surface area contributed by atoms with Gasteiger partial charge in [-0.2, -0.15) is 0 Å². The molecule has 0 heterocycles. The maximum absolute atomic E-state index is 13.1. The minimum Gasteiger partial charge on any atom is -0.507 e. The molecule has 0 saturated heterocycles. The first-order valence-corrected chi connectivity index (χ1v) is 8.37. The van der Waals surface area contributed by atoms with E-state index in [1.165, 1.54) is 19.2 Å². The quantitative estimate of drug-likeness (QED) is 0.460. The van der Waals surface area contributed by atoms with E-state index in [0.29, 0.717) is 6.29 Å². The molecule has 0 radical (unpaired) electrons. The van der Waals surface area contributed by atoms with Crippen LogP contribution in [0.2, 0.25) is 0 Å². The van der Waals surface area contributed by atoms with Crippen molar-refractivity contribution in [1.82, 2.24) is 0 Å². The summed E-state index contributed by atoms with van der Waals surface area (Å²) in [5.74, 6) is -1.94. The predicted octanol–water partition coefficient (Wildman–Crippen LogP) is 1.30. The maximum Gasteiger partial charge on any atom is 0.202 e. The number of carbonyl (C=O) groups is 3. The summed E-state index contributed by atoms with van der Waals surface area (Å²) in [7, 11) is 1.37. The van der Waals surface area contributed by atoms with Crippen molar-refractivity contribution >= 4 is 17.9 Å². The molecule has 1 atom stereocenters. The highest BCUT2D eigenvalue weighted by Gasteiger charge is 2.42. The molecule has 27 heavy (non-hydrogen) atoms. The molecule has 2 aromatic rings. The molecule has 0 bridgehead atoms. The minimum absolute atomic E-state index is 0.0346. The van der Waals surface area contributed by atoms with Crippen LogP contribution in [0.25, 0.3) is 0 Å². The van der Waals surface area contributed by atoms with Crippen LogP contribution in [-0.4, -0.2) is 45.9 Å². The van der Waals surface area contributed by atoms with Gasteiger partial charge in [-0.15, -0.1) is 0 Å². The minimum atomic E-state index is -1.69. The average Bonchev–Trinajstić information content (AvgIpc) is 2.68. The van der Waals surface area contributed by atoms with Crippen molar-refractivity contribution < 1.29 is 34.4 Å². The molecule has 0 spiro atoms. The molecule has 7 heteroatoms. The Hall–Kier alpha value is -3.19. The number of phenolic OH excluding ortho intramolecular Hbond substituents is 2. The zero-order chi connectivity index (χ0) is 19.5. The molecule has 7 nitrogen and oxygen atoms in total. The van der Waals surface area contributed by atoms with Crippen molar-refractivity contribution in [3.63, 3.8) is 0 Å². The van der Waals surface area contributed by atoms with Crippen molar-refractivity contribution in [2.24, 2.45) is 0 Å². The molecule has 2 aliphatic carbocycles. The zero-order valence-electron chi connectivity index (χ0n) is 14.4. The van der Waals surface area contributed by atoms with Gasteiger partial charge in [0.25, 0.3) is 0 Å². The number of hydrogen-bond acceptors (Lipinski definition) is 7. The second kappa shape index (κ2) is 5.65. The molecule has 138 valence electrons. The second-order valence-corrected chi connectivity index (χ2v) is 6.84. The highest BCUT2D eigenvalue weighted by atomic mass is 16.5. The molecule has 0 saturated carbocycles. The van der Waals surface area contributed by atoms with Crippen LogP contribution in [0.4, 0.5) is 0 Å². The lowest BCUT2D eigenvalue weighted by Gasteiger charge is -2.32. The molecule has 4 rings (SSSR count). The van der Waals surface area contributed by atoms with Gasteiger partial charge in [0.2, 0.25) is 5.78 Å². The van der Waals surface area contributed by atoms with E-state index >= 15 is 0 Å². The van der Waals surface area contributed by atoms with Gasteiger partial charge in [-0.1, -0.05) is 12.1 Å². The molecule has 0 aliphatic heterocycles. The number of hydrogen-bond donors (Lipinski definition) is 3. The number of aldehydes is 1. The first-order chi connectivity index (χ1) is 12.8. The van der Waals surface area contributed by atoms with Crippen LogP contribution < -0.4 is 4.74 Å². The number of carbonyl (C=O) groups excluding carboxylic acids is 3. The third kappa shape index (κ3) is 2.21. The number of ketones is 2. The molecule has 0 amide bonds. The Morgan fingerprint density at radius 1 is 1.04 bits per heavy atom. The molecular weight excluding hydrogens is 352 g/mol. The molecule has 2 aromatic carbocycles. The zero-order valence-corrected chi connectivity index (χ0v) is 14.4. The lowest BCUT2D eigenvalue weighted by molar-refractivity contribution is -0.125. The van der Waals surface area contributed by atoms with Gasteiger partial charge in [0, 0.05) is 23.1 Å². The summed E-state index contributed by atoms with van der Waals surface area (Å²) in [5, 5.41) is 31.7. The number of phenols is 2. The Kier molecular flexibility index (Phi) is 3.61. The summed E-state index contributed by atoms with van der Waals surface area (Å²) >= 11 is 0. The summed E-state index contributed by atoms with van der Waals surface area (Å²) in [5.41, 5.74) is -1.81. The van der Waals surface area contributed by atoms with Gasteiger partial charge < -0.3 is 24.9 Å². The fraction of sp³-hybridized carbons (Fsp3) is 0.250. The molecule has 3 N–H and O–H groups in total. The summed E-state index contributed by atoms with van der Waals surface area (Å²) < 4.78 is 5.18. The Balaban J connectivity index is 2.02. The number of benzene rings is 2. The number of rotatable bonds is 2. The van der Waals surface area contributed by atoms with Gasteiger partial charge in [0.1, 0.15) is 22.8 Å². The second-order valence-electron chi connectivity index (χ2n) is 6.84. The van der Waals surface area contributed by atoms with Crippen molar-refractivity contribution in [1.29, 1.82) is 0 Å². The van der Waals surface area contributed by atoms with Crippen LogP contribution in [0.15, 0.2) is 18.2 Å². The van der Waals surface area contributed by atoms with E-state index in [4.69, 9.17) is 4.74 Å².